The van der Waals surface area contributed by atoms with Crippen molar-refractivity contribution in [2.45, 2.75) is 45.4 Å². The molecular weight excluding hydrogens is 332 g/mol. The Labute approximate surface area is 152 Å². The summed E-state index contributed by atoms with van der Waals surface area (Å²) in [6.45, 7) is 0.874. The molecular formula is C20H22N2O4. The van der Waals surface area contributed by atoms with Crippen molar-refractivity contribution < 1.29 is 19.1 Å². The number of rotatable bonds is 7. The summed E-state index contributed by atoms with van der Waals surface area (Å²) >= 11 is 0. The molecule has 0 aromatic heterocycles. The van der Waals surface area contributed by atoms with Crippen LogP contribution in [0.25, 0.3) is 0 Å². The third-order valence-corrected chi connectivity index (χ3v) is 4.38. The van der Waals surface area contributed by atoms with Gasteiger partial charge in [0.05, 0.1) is 6.42 Å². The molecule has 1 aliphatic carbocycles. The molecule has 0 aliphatic heterocycles. The Morgan fingerprint density at radius 3 is 2.50 bits per heavy atom. The molecule has 2 rings (SSSR count). The minimum absolute atomic E-state index is 0.0165. The van der Waals surface area contributed by atoms with Gasteiger partial charge in [0.1, 0.15) is 11.6 Å². The van der Waals surface area contributed by atoms with E-state index in [1.807, 2.05) is 12.1 Å². The van der Waals surface area contributed by atoms with Crippen LogP contribution in [-0.2, 0) is 27.2 Å². The van der Waals surface area contributed by atoms with Gasteiger partial charge in [-0.3, -0.25) is 14.4 Å². The van der Waals surface area contributed by atoms with Gasteiger partial charge in [-0.25, -0.2) is 0 Å². The third-order valence-electron chi connectivity index (χ3n) is 4.38. The molecule has 0 heterocycles. The SMILES string of the molecule is C/C(N)=C(/C#N)C(=O)COC(=O)CCC(=O)c1ccc2c(c1)CCCC2. The molecule has 6 nitrogen and oxygen atoms in total. The normalized spacial score (nSPS) is 13.8. The smallest absolute Gasteiger partial charge is 0.306 e. The molecule has 0 saturated heterocycles. The summed E-state index contributed by atoms with van der Waals surface area (Å²) in [7, 11) is 0. The number of benzene rings is 1. The van der Waals surface area contributed by atoms with E-state index in [4.69, 9.17) is 15.7 Å². The molecule has 1 aromatic carbocycles. The molecule has 2 N–H and O–H groups in total. The van der Waals surface area contributed by atoms with E-state index >= 15 is 0 Å². The summed E-state index contributed by atoms with van der Waals surface area (Å²) < 4.78 is 4.83. The van der Waals surface area contributed by atoms with Gasteiger partial charge < -0.3 is 10.5 Å². The predicted octanol–water partition coefficient (Wildman–Crippen LogP) is 2.40. The quantitative estimate of drug-likeness (QED) is 0.348. The fourth-order valence-electron chi connectivity index (χ4n) is 2.93. The van der Waals surface area contributed by atoms with Crippen molar-refractivity contribution in [1.29, 1.82) is 5.26 Å². The van der Waals surface area contributed by atoms with E-state index in [1.165, 1.54) is 24.5 Å². The Bertz CT molecular complexity index is 799. The summed E-state index contributed by atoms with van der Waals surface area (Å²) in [4.78, 5) is 35.7. The molecule has 0 radical (unpaired) electrons. The van der Waals surface area contributed by atoms with Gasteiger partial charge in [0.15, 0.2) is 12.4 Å². The number of esters is 1. The van der Waals surface area contributed by atoms with Crippen LogP contribution in [0.1, 0.15) is 54.1 Å². The van der Waals surface area contributed by atoms with E-state index < -0.39 is 18.4 Å². The summed E-state index contributed by atoms with van der Waals surface area (Å²) in [5, 5.41) is 8.82. The van der Waals surface area contributed by atoms with Crippen LogP contribution in [0.15, 0.2) is 29.5 Å². The van der Waals surface area contributed by atoms with Crippen LogP contribution in [0.4, 0.5) is 0 Å². The fourth-order valence-corrected chi connectivity index (χ4v) is 2.93. The van der Waals surface area contributed by atoms with Crippen molar-refractivity contribution in [2.75, 3.05) is 6.61 Å². The molecule has 1 aromatic rings. The maximum absolute atomic E-state index is 12.3. The molecule has 0 amide bonds. The lowest BCUT2D eigenvalue weighted by molar-refractivity contribution is -0.147. The van der Waals surface area contributed by atoms with Crippen molar-refractivity contribution in [2.24, 2.45) is 5.73 Å². The van der Waals surface area contributed by atoms with Crippen LogP contribution in [0.3, 0.4) is 0 Å². The van der Waals surface area contributed by atoms with Gasteiger partial charge in [-0.1, -0.05) is 12.1 Å². The first kappa shape index (κ1) is 19.4. The number of hydrogen-bond acceptors (Lipinski definition) is 6. The highest BCUT2D eigenvalue weighted by atomic mass is 16.5. The number of nitrogens with zero attached hydrogens (tertiary/aromatic N) is 1. The fraction of sp³-hybridized carbons (Fsp3) is 0.400. The minimum atomic E-state index is -0.656. The van der Waals surface area contributed by atoms with Gasteiger partial charge in [-0.15, -0.1) is 0 Å². The van der Waals surface area contributed by atoms with Crippen LogP contribution in [0, 0.1) is 11.3 Å². The predicted molar refractivity (Wildman–Crippen MR) is 95.1 cm³/mol. The van der Waals surface area contributed by atoms with E-state index in [9.17, 15) is 14.4 Å². The van der Waals surface area contributed by atoms with Crippen molar-refractivity contribution in [1.82, 2.24) is 0 Å². The topological polar surface area (TPSA) is 110 Å². The Morgan fingerprint density at radius 2 is 1.85 bits per heavy atom. The number of ketones is 2. The Morgan fingerprint density at radius 1 is 1.15 bits per heavy atom. The molecule has 0 fully saturated rings. The standard InChI is InChI=1S/C20H22N2O4/c1-13(22)17(11-21)19(24)12-26-20(25)9-8-18(23)16-7-6-14-4-2-3-5-15(14)10-16/h6-7,10H,2-5,8-9,12,22H2,1H3/b17-13+. The summed E-state index contributed by atoms with van der Waals surface area (Å²) in [6.07, 6.45) is 4.24. The second-order valence-corrected chi connectivity index (χ2v) is 6.37. The van der Waals surface area contributed by atoms with E-state index in [1.54, 1.807) is 12.1 Å². The zero-order valence-corrected chi connectivity index (χ0v) is 14.8. The Balaban J connectivity index is 1.84. The van der Waals surface area contributed by atoms with Crippen LogP contribution in [0.2, 0.25) is 0 Å². The second-order valence-electron chi connectivity index (χ2n) is 6.37. The lowest BCUT2D eigenvalue weighted by Gasteiger charge is -2.16. The number of aryl methyl sites for hydroxylation is 2. The monoisotopic (exact) mass is 354 g/mol. The average molecular weight is 354 g/mol. The largest absolute Gasteiger partial charge is 0.457 e. The number of Topliss-reactive ketones (excluding diaryl/α,β-unsaturated/α-hetero) is 2. The number of allylic oxidation sites excluding steroid dienone is 1. The molecule has 6 heteroatoms. The molecule has 0 saturated carbocycles. The van der Waals surface area contributed by atoms with Gasteiger partial charge >= 0.3 is 5.97 Å². The summed E-state index contributed by atoms with van der Waals surface area (Å²) in [5.41, 5.74) is 8.38. The van der Waals surface area contributed by atoms with E-state index in [-0.39, 0.29) is 29.9 Å². The lowest BCUT2D eigenvalue weighted by atomic mass is 9.89. The molecule has 0 atom stereocenters. The maximum Gasteiger partial charge on any atom is 0.306 e. The van der Waals surface area contributed by atoms with Crippen molar-refractivity contribution >= 4 is 17.5 Å². The lowest BCUT2D eigenvalue weighted by Crippen LogP contribution is -2.18. The highest BCUT2D eigenvalue weighted by Crippen LogP contribution is 2.23. The van der Waals surface area contributed by atoms with Crippen molar-refractivity contribution in [3.05, 3.63) is 46.2 Å². The van der Waals surface area contributed by atoms with Crippen LogP contribution in [0.5, 0.6) is 0 Å². The van der Waals surface area contributed by atoms with Crippen LogP contribution < -0.4 is 5.73 Å². The average Bonchev–Trinajstić information content (AvgIpc) is 2.64. The van der Waals surface area contributed by atoms with Crippen LogP contribution in [-0.4, -0.2) is 24.1 Å². The first-order valence-corrected chi connectivity index (χ1v) is 8.62. The molecule has 0 spiro atoms. The number of carbonyl (C=O) groups excluding carboxylic acids is 3. The first-order chi connectivity index (χ1) is 12.4. The highest BCUT2D eigenvalue weighted by Gasteiger charge is 2.17. The molecule has 26 heavy (non-hydrogen) atoms. The molecule has 0 bridgehead atoms. The van der Waals surface area contributed by atoms with Gasteiger partial charge in [0, 0.05) is 17.7 Å². The molecule has 1 aliphatic rings. The van der Waals surface area contributed by atoms with E-state index in [0.29, 0.717) is 5.56 Å². The Hall–Kier alpha value is -2.94. The second kappa shape index (κ2) is 8.95. The number of carbonyl (C=O) groups is 3. The number of ether oxygens (including phenoxy) is 1. The summed E-state index contributed by atoms with van der Waals surface area (Å²) in [6, 6.07) is 7.39. The highest BCUT2D eigenvalue weighted by molar-refractivity contribution is 6.01. The van der Waals surface area contributed by atoms with Crippen LogP contribution >= 0.6 is 0 Å². The maximum atomic E-state index is 12.3. The zero-order chi connectivity index (χ0) is 19.1. The first-order valence-electron chi connectivity index (χ1n) is 8.62. The van der Waals surface area contributed by atoms with E-state index in [0.717, 1.165) is 19.3 Å². The van der Waals surface area contributed by atoms with Gasteiger partial charge in [0.25, 0.3) is 0 Å². The third kappa shape index (κ3) is 5.03. The van der Waals surface area contributed by atoms with Gasteiger partial charge in [0.2, 0.25) is 5.78 Å². The van der Waals surface area contributed by atoms with Gasteiger partial charge in [-0.2, -0.15) is 5.26 Å². The number of nitrogens with two attached hydrogens (primary N) is 1. The summed E-state index contributed by atoms with van der Waals surface area (Å²) in [5.74, 6) is -1.43. The number of fused-ring (bicyclic) bond motifs is 1. The van der Waals surface area contributed by atoms with Crippen molar-refractivity contribution in [3.8, 4) is 6.07 Å². The zero-order valence-electron chi connectivity index (χ0n) is 14.8. The number of hydrogen-bond donors (Lipinski definition) is 1. The minimum Gasteiger partial charge on any atom is -0.457 e. The molecule has 0 unspecified atom stereocenters. The number of nitriles is 1. The molecule has 136 valence electrons. The Kier molecular flexibility index (Phi) is 6.67. The van der Waals surface area contributed by atoms with Crippen molar-refractivity contribution in [3.63, 3.8) is 0 Å². The van der Waals surface area contributed by atoms with E-state index in [2.05, 4.69) is 0 Å². The van der Waals surface area contributed by atoms with Gasteiger partial charge in [-0.05, 0) is 49.8 Å².